The smallest absolute Gasteiger partial charge is 0.335 e. The molecule has 0 unspecified atom stereocenters. The fourth-order valence-corrected chi connectivity index (χ4v) is 1.88. The molecule has 0 radical (unpaired) electrons. The summed E-state index contributed by atoms with van der Waals surface area (Å²) in [5.74, 6) is -0.126. The minimum atomic E-state index is -1.01. The highest BCUT2D eigenvalue weighted by Crippen LogP contribution is 2.36. The van der Waals surface area contributed by atoms with E-state index in [1.807, 2.05) is 6.92 Å². The predicted octanol–water partition coefficient (Wildman–Crippen LogP) is 2.57. The first kappa shape index (κ1) is 14.8. The molecule has 0 amide bonds. The normalized spacial score (nSPS) is 10.2. The van der Waals surface area contributed by atoms with Crippen molar-refractivity contribution in [2.45, 2.75) is 6.92 Å². The second-order valence-electron chi connectivity index (χ2n) is 3.36. The van der Waals surface area contributed by atoms with E-state index in [2.05, 4.69) is 15.9 Å². The van der Waals surface area contributed by atoms with E-state index in [-0.39, 0.29) is 5.56 Å². The summed E-state index contributed by atoms with van der Waals surface area (Å²) in [5.41, 5.74) is 0.143. The lowest BCUT2D eigenvalue weighted by Gasteiger charge is -2.14. The van der Waals surface area contributed by atoms with Crippen molar-refractivity contribution in [1.29, 1.82) is 0 Å². The molecule has 0 aromatic heterocycles. The van der Waals surface area contributed by atoms with Crippen molar-refractivity contribution in [2.24, 2.45) is 0 Å². The lowest BCUT2D eigenvalue weighted by atomic mass is 10.2. The maximum Gasteiger partial charge on any atom is 0.335 e. The number of carboxylic acids is 1. The van der Waals surface area contributed by atoms with E-state index in [0.29, 0.717) is 35.8 Å². The molecular weight excluding hydrogens is 304 g/mol. The molecule has 100 valence electrons. The van der Waals surface area contributed by atoms with E-state index in [4.69, 9.17) is 19.3 Å². The van der Waals surface area contributed by atoms with Crippen LogP contribution in [0.2, 0.25) is 0 Å². The van der Waals surface area contributed by atoms with Crippen molar-refractivity contribution >= 4 is 21.9 Å². The average Bonchev–Trinajstić information content (AvgIpc) is 2.32. The molecule has 1 aromatic carbocycles. The van der Waals surface area contributed by atoms with Gasteiger partial charge in [0.25, 0.3) is 0 Å². The van der Waals surface area contributed by atoms with Crippen molar-refractivity contribution in [3.05, 3.63) is 22.2 Å². The van der Waals surface area contributed by atoms with Crippen LogP contribution < -0.4 is 9.47 Å². The van der Waals surface area contributed by atoms with Gasteiger partial charge in [-0.05, 0) is 35.0 Å². The van der Waals surface area contributed by atoms with E-state index in [1.165, 1.54) is 12.1 Å². The molecule has 5 nitrogen and oxygen atoms in total. The molecule has 0 heterocycles. The van der Waals surface area contributed by atoms with Crippen LogP contribution in [-0.4, -0.2) is 38.0 Å². The fraction of sp³-hybridized carbons (Fsp3) is 0.417. The van der Waals surface area contributed by atoms with Gasteiger partial charge in [-0.15, -0.1) is 0 Å². The Morgan fingerprint density at radius 3 is 2.61 bits per heavy atom. The van der Waals surface area contributed by atoms with Crippen molar-refractivity contribution in [3.8, 4) is 11.5 Å². The van der Waals surface area contributed by atoms with Gasteiger partial charge < -0.3 is 19.3 Å². The Kier molecular flexibility index (Phi) is 5.94. The molecule has 0 spiro atoms. The van der Waals surface area contributed by atoms with Crippen LogP contribution in [0, 0.1) is 0 Å². The monoisotopic (exact) mass is 318 g/mol. The quantitative estimate of drug-likeness (QED) is 0.783. The van der Waals surface area contributed by atoms with Crippen LogP contribution in [0.1, 0.15) is 17.3 Å². The first-order chi connectivity index (χ1) is 8.60. The molecule has 0 saturated heterocycles. The summed E-state index contributed by atoms with van der Waals surface area (Å²) in [6.07, 6.45) is 0. The molecular formula is C12H15BrO5. The Bertz CT molecular complexity index is 419. The van der Waals surface area contributed by atoms with Crippen LogP contribution >= 0.6 is 15.9 Å². The lowest BCUT2D eigenvalue weighted by Crippen LogP contribution is -2.07. The lowest BCUT2D eigenvalue weighted by molar-refractivity contribution is 0.0696. The Hall–Kier alpha value is -1.27. The summed E-state index contributed by atoms with van der Waals surface area (Å²) >= 11 is 3.28. The molecule has 1 N–H and O–H groups in total. The standard InChI is InChI=1S/C12H15BrO5/c1-3-17-10-7-8(12(14)15)6-9(13)11(10)18-5-4-16-2/h6-7H,3-5H2,1-2H3,(H,14,15). The van der Waals surface area contributed by atoms with E-state index in [0.717, 1.165) is 0 Å². The second-order valence-corrected chi connectivity index (χ2v) is 4.22. The zero-order valence-corrected chi connectivity index (χ0v) is 11.8. The Labute approximate surface area is 114 Å². The van der Waals surface area contributed by atoms with Crippen LogP contribution in [0.3, 0.4) is 0 Å². The molecule has 0 atom stereocenters. The number of hydrogen-bond acceptors (Lipinski definition) is 4. The summed E-state index contributed by atoms with van der Waals surface area (Å²) in [4.78, 5) is 10.9. The van der Waals surface area contributed by atoms with Crippen molar-refractivity contribution in [1.82, 2.24) is 0 Å². The van der Waals surface area contributed by atoms with Gasteiger partial charge in [0, 0.05) is 7.11 Å². The summed E-state index contributed by atoms with van der Waals surface area (Å²) in [6.45, 7) is 3.05. The van der Waals surface area contributed by atoms with E-state index in [1.54, 1.807) is 7.11 Å². The number of aromatic carboxylic acids is 1. The van der Waals surface area contributed by atoms with Gasteiger partial charge in [-0.25, -0.2) is 4.79 Å². The van der Waals surface area contributed by atoms with E-state index < -0.39 is 5.97 Å². The largest absolute Gasteiger partial charge is 0.490 e. The first-order valence-corrected chi connectivity index (χ1v) is 6.20. The maximum absolute atomic E-state index is 10.9. The molecule has 0 aliphatic carbocycles. The molecule has 18 heavy (non-hydrogen) atoms. The van der Waals surface area contributed by atoms with Gasteiger partial charge >= 0.3 is 5.97 Å². The molecule has 0 saturated carbocycles. The summed E-state index contributed by atoms with van der Waals surface area (Å²) < 4.78 is 16.3. The molecule has 6 heteroatoms. The van der Waals surface area contributed by atoms with Gasteiger partial charge in [0.2, 0.25) is 0 Å². The summed E-state index contributed by atoms with van der Waals surface area (Å²) in [6, 6.07) is 2.92. The van der Waals surface area contributed by atoms with E-state index in [9.17, 15) is 4.79 Å². The second kappa shape index (κ2) is 7.23. The van der Waals surface area contributed by atoms with Crippen molar-refractivity contribution in [3.63, 3.8) is 0 Å². The topological polar surface area (TPSA) is 65.0 Å². The van der Waals surface area contributed by atoms with Crippen molar-refractivity contribution in [2.75, 3.05) is 26.9 Å². The number of benzene rings is 1. The number of halogens is 1. The Balaban J connectivity index is 3.02. The van der Waals surface area contributed by atoms with Gasteiger partial charge in [-0.1, -0.05) is 0 Å². The fourth-order valence-electron chi connectivity index (χ4n) is 1.32. The van der Waals surface area contributed by atoms with Crippen LogP contribution in [0.4, 0.5) is 0 Å². The predicted molar refractivity (Wildman–Crippen MR) is 69.6 cm³/mol. The molecule has 1 rings (SSSR count). The zero-order valence-electron chi connectivity index (χ0n) is 10.2. The van der Waals surface area contributed by atoms with Crippen LogP contribution in [0.15, 0.2) is 16.6 Å². The minimum Gasteiger partial charge on any atom is -0.490 e. The average molecular weight is 319 g/mol. The number of hydrogen-bond donors (Lipinski definition) is 1. The van der Waals surface area contributed by atoms with Gasteiger partial charge in [0.1, 0.15) is 6.61 Å². The van der Waals surface area contributed by atoms with E-state index >= 15 is 0 Å². The third kappa shape index (κ3) is 3.89. The molecule has 0 fully saturated rings. The summed E-state index contributed by atoms with van der Waals surface area (Å²) in [7, 11) is 1.58. The number of ether oxygens (including phenoxy) is 3. The van der Waals surface area contributed by atoms with Gasteiger partial charge in [-0.2, -0.15) is 0 Å². The Morgan fingerprint density at radius 1 is 1.33 bits per heavy atom. The number of carboxylic acid groups (broad SMARTS) is 1. The summed E-state index contributed by atoms with van der Waals surface area (Å²) in [5, 5.41) is 8.97. The molecule has 1 aromatic rings. The highest BCUT2D eigenvalue weighted by molar-refractivity contribution is 9.10. The maximum atomic E-state index is 10.9. The molecule has 0 aliphatic heterocycles. The minimum absolute atomic E-state index is 0.143. The van der Waals surface area contributed by atoms with Crippen molar-refractivity contribution < 1.29 is 24.1 Å². The van der Waals surface area contributed by atoms with Gasteiger partial charge in [-0.3, -0.25) is 0 Å². The van der Waals surface area contributed by atoms with Crippen LogP contribution in [0.25, 0.3) is 0 Å². The third-order valence-corrected chi connectivity index (χ3v) is 2.68. The number of carbonyl (C=O) groups is 1. The Morgan fingerprint density at radius 2 is 2.06 bits per heavy atom. The van der Waals surface area contributed by atoms with Crippen LogP contribution in [0.5, 0.6) is 11.5 Å². The molecule has 0 bridgehead atoms. The molecule has 0 aliphatic rings. The first-order valence-electron chi connectivity index (χ1n) is 5.41. The van der Waals surface area contributed by atoms with Gasteiger partial charge in [0.05, 0.1) is 23.2 Å². The van der Waals surface area contributed by atoms with Crippen LogP contribution in [-0.2, 0) is 4.74 Å². The number of methoxy groups -OCH3 is 1. The SMILES string of the molecule is CCOc1cc(C(=O)O)cc(Br)c1OCCOC. The third-order valence-electron chi connectivity index (χ3n) is 2.09. The highest BCUT2D eigenvalue weighted by Gasteiger charge is 2.15. The van der Waals surface area contributed by atoms with Gasteiger partial charge in [0.15, 0.2) is 11.5 Å². The highest BCUT2D eigenvalue weighted by atomic mass is 79.9. The zero-order chi connectivity index (χ0) is 13.5. The number of rotatable bonds is 7.